The Bertz CT molecular complexity index is 934. The first-order valence-corrected chi connectivity index (χ1v) is 10.0. The lowest BCUT2D eigenvalue weighted by atomic mass is 9.87. The van der Waals surface area contributed by atoms with Gasteiger partial charge in [-0.2, -0.15) is 0 Å². The molecule has 0 saturated heterocycles. The molecule has 0 spiro atoms. The lowest BCUT2D eigenvalue weighted by molar-refractivity contribution is -0.136. The zero-order valence-electron chi connectivity index (χ0n) is 17.4. The molecule has 0 aliphatic rings. The van der Waals surface area contributed by atoms with Crippen molar-refractivity contribution in [2.24, 2.45) is 0 Å². The molecule has 0 fully saturated rings. The molecule has 1 aromatic heterocycles. The van der Waals surface area contributed by atoms with E-state index < -0.39 is 5.97 Å². The van der Waals surface area contributed by atoms with Gasteiger partial charge >= 0.3 is 5.97 Å². The van der Waals surface area contributed by atoms with Gasteiger partial charge in [0.1, 0.15) is 12.4 Å². The maximum atomic E-state index is 11.0. The third-order valence-electron chi connectivity index (χ3n) is 5.04. The standard InChI is InChI=1S/C25H29NO3/c1-25(2,3)20-9-13-22(14-10-20)29-18-17-26-21(12-16-24(27)28)11-15-23(26)19-7-5-4-6-8-19/h4-11,13-15H,12,16-18H2,1-3H3,(H,27,28). The Balaban J connectivity index is 1.73. The molecule has 0 aliphatic heterocycles. The Labute approximate surface area is 172 Å². The number of aryl methyl sites for hydroxylation is 1. The molecular formula is C25H29NO3. The van der Waals surface area contributed by atoms with Crippen molar-refractivity contribution in [2.75, 3.05) is 6.61 Å². The van der Waals surface area contributed by atoms with E-state index >= 15 is 0 Å². The Hall–Kier alpha value is -3.01. The van der Waals surface area contributed by atoms with E-state index in [1.807, 2.05) is 36.4 Å². The van der Waals surface area contributed by atoms with Gasteiger partial charge in [-0.1, -0.05) is 63.2 Å². The minimum absolute atomic E-state index is 0.118. The Morgan fingerprint density at radius 1 is 0.966 bits per heavy atom. The number of nitrogens with zero attached hydrogens (tertiary/aromatic N) is 1. The molecule has 1 heterocycles. The van der Waals surface area contributed by atoms with Gasteiger partial charge in [-0.15, -0.1) is 0 Å². The van der Waals surface area contributed by atoms with Crippen LogP contribution in [0.4, 0.5) is 0 Å². The number of rotatable bonds is 8. The monoisotopic (exact) mass is 391 g/mol. The summed E-state index contributed by atoms with van der Waals surface area (Å²) >= 11 is 0. The Kier molecular flexibility index (Phi) is 6.42. The van der Waals surface area contributed by atoms with Crippen LogP contribution in [0.25, 0.3) is 11.3 Å². The van der Waals surface area contributed by atoms with E-state index in [0.717, 1.165) is 22.7 Å². The average molecular weight is 392 g/mol. The van der Waals surface area contributed by atoms with Gasteiger partial charge in [-0.25, -0.2) is 0 Å². The highest BCUT2D eigenvalue weighted by molar-refractivity contribution is 5.67. The number of carbonyl (C=O) groups is 1. The fourth-order valence-corrected chi connectivity index (χ4v) is 3.39. The summed E-state index contributed by atoms with van der Waals surface area (Å²) in [6, 6.07) is 22.5. The molecule has 0 saturated carbocycles. The second kappa shape index (κ2) is 8.99. The number of benzene rings is 2. The molecular weight excluding hydrogens is 362 g/mol. The van der Waals surface area contributed by atoms with Gasteiger partial charge in [0.2, 0.25) is 0 Å². The van der Waals surface area contributed by atoms with Gasteiger partial charge in [-0.3, -0.25) is 4.79 Å². The van der Waals surface area contributed by atoms with Crippen molar-refractivity contribution in [3.8, 4) is 17.0 Å². The number of carboxylic acid groups (broad SMARTS) is 1. The predicted octanol–water partition coefficient (Wildman–Crippen LogP) is 5.55. The summed E-state index contributed by atoms with van der Waals surface area (Å²) in [5, 5.41) is 9.06. The second-order valence-corrected chi connectivity index (χ2v) is 8.24. The lowest BCUT2D eigenvalue weighted by Gasteiger charge is -2.19. The van der Waals surface area contributed by atoms with Crippen molar-refractivity contribution >= 4 is 5.97 Å². The first-order valence-electron chi connectivity index (χ1n) is 10.0. The third-order valence-corrected chi connectivity index (χ3v) is 5.04. The van der Waals surface area contributed by atoms with Crippen molar-refractivity contribution in [2.45, 2.75) is 45.6 Å². The van der Waals surface area contributed by atoms with Crippen LogP contribution in [0.2, 0.25) is 0 Å². The van der Waals surface area contributed by atoms with E-state index in [0.29, 0.717) is 19.6 Å². The minimum atomic E-state index is -0.783. The minimum Gasteiger partial charge on any atom is -0.492 e. The quantitative estimate of drug-likeness (QED) is 0.548. The van der Waals surface area contributed by atoms with Crippen LogP contribution in [0.3, 0.4) is 0 Å². The normalized spacial score (nSPS) is 11.4. The van der Waals surface area contributed by atoms with Crippen LogP contribution in [0, 0.1) is 0 Å². The van der Waals surface area contributed by atoms with Gasteiger partial charge in [-0.05, 0) is 47.2 Å². The first kappa shape index (κ1) is 20.7. The van der Waals surface area contributed by atoms with Crippen LogP contribution >= 0.6 is 0 Å². The van der Waals surface area contributed by atoms with E-state index in [1.165, 1.54) is 5.56 Å². The van der Waals surface area contributed by atoms with Gasteiger partial charge in [0.25, 0.3) is 0 Å². The van der Waals surface area contributed by atoms with Crippen LogP contribution in [-0.2, 0) is 23.2 Å². The number of hydrogen-bond donors (Lipinski definition) is 1. The van der Waals surface area contributed by atoms with Gasteiger partial charge in [0.15, 0.2) is 0 Å². The average Bonchev–Trinajstić information content (AvgIpc) is 3.09. The summed E-state index contributed by atoms with van der Waals surface area (Å²) in [7, 11) is 0. The van der Waals surface area contributed by atoms with Gasteiger partial charge in [0.05, 0.1) is 13.0 Å². The first-order chi connectivity index (χ1) is 13.8. The van der Waals surface area contributed by atoms with Crippen molar-refractivity contribution in [3.05, 3.63) is 78.0 Å². The highest BCUT2D eigenvalue weighted by Crippen LogP contribution is 2.25. The largest absolute Gasteiger partial charge is 0.492 e. The summed E-state index contributed by atoms with van der Waals surface area (Å²) in [5.41, 5.74) is 4.60. The number of hydrogen-bond acceptors (Lipinski definition) is 2. The molecule has 0 bridgehead atoms. The highest BCUT2D eigenvalue weighted by atomic mass is 16.5. The summed E-state index contributed by atoms with van der Waals surface area (Å²) in [6.07, 6.45) is 0.621. The number of aromatic nitrogens is 1. The Morgan fingerprint density at radius 2 is 1.66 bits per heavy atom. The number of aliphatic carboxylic acids is 1. The van der Waals surface area contributed by atoms with Crippen molar-refractivity contribution in [1.29, 1.82) is 0 Å². The van der Waals surface area contributed by atoms with Crippen LogP contribution in [0.1, 0.15) is 38.4 Å². The summed E-state index contributed by atoms with van der Waals surface area (Å²) in [5.74, 6) is 0.0627. The maximum absolute atomic E-state index is 11.0. The second-order valence-electron chi connectivity index (χ2n) is 8.24. The van der Waals surface area contributed by atoms with E-state index in [2.05, 4.69) is 55.7 Å². The molecule has 4 heteroatoms. The SMILES string of the molecule is CC(C)(C)c1ccc(OCCn2c(CCC(=O)O)ccc2-c2ccccc2)cc1. The van der Waals surface area contributed by atoms with E-state index in [4.69, 9.17) is 9.84 Å². The van der Waals surface area contributed by atoms with Crippen molar-refractivity contribution in [1.82, 2.24) is 4.57 Å². The number of carboxylic acids is 1. The topological polar surface area (TPSA) is 51.5 Å². The van der Waals surface area contributed by atoms with E-state index in [-0.39, 0.29) is 11.8 Å². The zero-order valence-corrected chi connectivity index (χ0v) is 17.4. The highest BCUT2D eigenvalue weighted by Gasteiger charge is 2.14. The van der Waals surface area contributed by atoms with E-state index in [9.17, 15) is 4.79 Å². The van der Waals surface area contributed by atoms with Gasteiger partial charge in [0, 0.05) is 11.4 Å². The van der Waals surface area contributed by atoms with Crippen molar-refractivity contribution in [3.63, 3.8) is 0 Å². The van der Waals surface area contributed by atoms with Crippen LogP contribution in [-0.4, -0.2) is 22.2 Å². The molecule has 2 aromatic carbocycles. The molecule has 1 N–H and O–H groups in total. The molecule has 152 valence electrons. The van der Waals surface area contributed by atoms with Crippen molar-refractivity contribution < 1.29 is 14.6 Å². The third kappa shape index (κ3) is 5.50. The summed E-state index contributed by atoms with van der Waals surface area (Å²) in [6.45, 7) is 7.76. The molecule has 0 aliphatic carbocycles. The summed E-state index contributed by atoms with van der Waals surface area (Å²) < 4.78 is 8.15. The summed E-state index contributed by atoms with van der Waals surface area (Å²) in [4.78, 5) is 11.0. The molecule has 0 radical (unpaired) electrons. The Morgan fingerprint density at radius 3 is 2.28 bits per heavy atom. The maximum Gasteiger partial charge on any atom is 0.303 e. The van der Waals surface area contributed by atoms with Crippen LogP contribution in [0.5, 0.6) is 5.75 Å². The number of ether oxygens (including phenoxy) is 1. The molecule has 0 unspecified atom stereocenters. The zero-order chi connectivity index (χ0) is 20.9. The molecule has 4 nitrogen and oxygen atoms in total. The molecule has 3 aromatic rings. The van der Waals surface area contributed by atoms with Crippen LogP contribution in [0.15, 0.2) is 66.7 Å². The predicted molar refractivity (Wildman–Crippen MR) is 116 cm³/mol. The van der Waals surface area contributed by atoms with Gasteiger partial charge < -0.3 is 14.4 Å². The fourth-order valence-electron chi connectivity index (χ4n) is 3.39. The molecule has 0 atom stereocenters. The lowest BCUT2D eigenvalue weighted by Crippen LogP contribution is -2.13. The molecule has 29 heavy (non-hydrogen) atoms. The smallest absolute Gasteiger partial charge is 0.303 e. The van der Waals surface area contributed by atoms with Crippen LogP contribution < -0.4 is 4.74 Å². The van der Waals surface area contributed by atoms with E-state index in [1.54, 1.807) is 0 Å². The molecule has 3 rings (SSSR count). The molecule has 0 amide bonds. The fraction of sp³-hybridized carbons (Fsp3) is 0.320.